The van der Waals surface area contributed by atoms with Crippen LogP contribution in [0, 0.1) is 5.82 Å². The highest BCUT2D eigenvalue weighted by atomic mass is 79.9. The molecule has 1 heterocycles. The smallest absolute Gasteiger partial charge is 0.271 e. The number of hydrogen-bond acceptors (Lipinski definition) is 5. The lowest BCUT2D eigenvalue weighted by Crippen LogP contribution is -2.17. The number of benzene rings is 2. The van der Waals surface area contributed by atoms with E-state index in [0.29, 0.717) is 32.7 Å². The number of methoxy groups -OCH3 is 1. The summed E-state index contributed by atoms with van der Waals surface area (Å²) in [7, 11) is 1.51. The summed E-state index contributed by atoms with van der Waals surface area (Å²) in [4.78, 5) is 15.9. The number of amides is 1. The molecule has 2 aromatic carbocycles. The summed E-state index contributed by atoms with van der Waals surface area (Å²) in [5.41, 5.74) is 4.00. The number of pyridine rings is 1. The topological polar surface area (TPSA) is 72.8 Å². The average Bonchev–Trinajstić information content (AvgIpc) is 2.75. The number of aromatic nitrogens is 1. The quantitative estimate of drug-likeness (QED) is 0.423. The van der Waals surface area contributed by atoms with Gasteiger partial charge >= 0.3 is 0 Å². The predicted octanol–water partition coefficient (Wildman–Crippen LogP) is 4.33. The number of carbonyl (C=O) groups excluding carboxylic acids is 1. The molecule has 0 saturated heterocycles. The van der Waals surface area contributed by atoms with Crippen LogP contribution in [0.5, 0.6) is 11.5 Å². The SMILES string of the molecule is COc1cc(/C=N/NC(=O)c2ccncc2)c(Br)cc1OCc1ccccc1F. The number of ether oxygens (including phenoxy) is 2. The second-order valence-electron chi connectivity index (χ2n) is 5.84. The average molecular weight is 458 g/mol. The minimum atomic E-state index is -0.350. The molecule has 1 amide bonds. The lowest BCUT2D eigenvalue weighted by molar-refractivity contribution is 0.0955. The molecule has 0 spiro atoms. The van der Waals surface area contributed by atoms with E-state index in [1.807, 2.05) is 0 Å². The molecule has 29 heavy (non-hydrogen) atoms. The van der Waals surface area contributed by atoms with Crippen LogP contribution in [-0.4, -0.2) is 24.2 Å². The molecule has 3 rings (SSSR count). The molecular weight excluding hydrogens is 441 g/mol. The van der Waals surface area contributed by atoms with Gasteiger partial charge in [0.1, 0.15) is 12.4 Å². The molecule has 1 N–H and O–H groups in total. The van der Waals surface area contributed by atoms with Gasteiger partial charge in [-0.1, -0.05) is 18.2 Å². The van der Waals surface area contributed by atoms with Crippen LogP contribution in [0.2, 0.25) is 0 Å². The first-order valence-corrected chi connectivity index (χ1v) is 9.35. The molecule has 0 fully saturated rings. The standard InChI is InChI=1S/C21H17BrFN3O3/c1-28-19-10-16(12-25-26-21(27)14-6-8-24-9-7-14)17(22)11-20(19)29-13-15-4-2-3-5-18(15)23/h2-12H,13H2,1H3,(H,26,27)/b25-12+. The third-order valence-corrected chi connectivity index (χ3v) is 4.62. The van der Waals surface area contributed by atoms with E-state index in [2.05, 4.69) is 31.4 Å². The van der Waals surface area contributed by atoms with Gasteiger partial charge < -0.3 is 9.47 Å². The van der Waals surface area contributed by atoms with E-state index >= 15 is 0 Å². The largest absolute Gasteiger partial charge is 0.493 e. The summed E-state index contributed by atoms with van der Waals surface area (Å²) in [6.45, 7) is 0.0604. The Morgan fingerprint density at radius 1 is 1.21 bits per heavy atom. The lowest BCUT2D eigenvalue weighted by atomic mass is 10.2. The maximum atomic E-state index is 13.8. The highest BCUT2D eigenvalue weighted by Crippen LogP contribution is 2.33. The minimum absolute atomic E-state index is 0.0604. The zero-order valence-corrected chi connectivity index (χ0v) is 17.0. The van der Waals surface area contributed by atoms with Crippen molar-refractivity contribution in [3.8, 4) is 11.5 Å². The van der Waals surface area contributed by atoms with Gasteiger partial charge in [0.05, 0.1) is 13.3 Å². The zero-order chi connectivity index (χ0) is 20.6. The second kappa shape index (κ2) is 9.79. The van der Waals surface area contributed by atoms with Crippen molar-refractivity contribution in [2.45, 2.75) is 6.61 Å². The summed E-state index contributed by atoms with van der Waals surface area (Å²) in [5, 5.41) is 3.97. The Hall–Kier alpha value is -3.26. The van der Waals surface area contributed by atoms with Gasteiger partial charge in [-0.3, -0.25) is 9.78 Å². The van der Waals surface area contributed by atoms with Crippen molar-refractivity contribution in [2.75, 3.05) is 7.11 Å². The number of nitrogens with zero attached hydrogens (tertiary/aromatic N) is 2. The van der Waals surface area contributed by atoms with Crippen LogP contribution in [0.15, 0.2) is 70.5 Å². The van der Waals surface area contributed by atoms with E-state index in [1.54, 1.807) is 42.5 Å². The third kappa shape index (κ3) is 5.39. The Kier molecular flexibility index (Phi) is 6.91. The van der Waals surface area contributed by atoms with Gasteiger partial charge in [0.15, 0.2) is 11.5 Å². The van der Waals surface area contributed by atoms with Crippen molar-refractivity contribution in [3.05, 3.63) is 87.9 Å². The molecule has 0 unspecified atom stereocenters. The van der Waals surface area contributed by atoms with Gasteiger partial charge in [-0.05, 0) is 46.3 Å². The number of carbonyl (C=O) groups is 1. The molecule has 8 heteroatoms. The lowest BCUT2D eigenvalue weighted by Gasteiger charge is -2.13. The highest BCUT2D eigenvalue weighted by Gasteiger charge is 2.11. The molecule has 3 aromatic rings. The van der Waals surface area contributed by atoms with E-state index < -0.39 is 0 Å². The molecule has 0 aliphatic rings. The fourth-order valence-electron chi connectivity index (χ4n) is 2.42. The van der Waals surface area contributed by atoms with Crippen molar-refractivity contribution in [2.24, 2.45) is 5.10 Å². The van der Waals surface area contributed by atoms with E-state index in [-0.39, 0.29) is 18.3 Å². The molecule has 6 nitrogen and oxygen atoms in total. The molecule has 0 saturated carbocycles. The number of hydrogen-bond donors (Lipinski definition) is 1. The zero-order valence-electron chi connectivity index (χ0n) is 15.4. The highest BCUT2D eigenvalue weighted by molar-refractivity contribution is 9.10. The molecule has 0 aliphatic carbocycles. The molecular formula is C21H17BrFN3O3. The van der Waals surface area contributed by atoms with Crippen LogP contribution in [0.25, 0.3) is 0 Å². The van der Waals surface area contributed by atoms with E-state index in [0.717, 1.165) is 0 Å². The van der Waals surface area contributed by atoms with Crippen molar-refractivity contribution < 1.29 is 18.7 Å². The van der Waals surface area contributed by atoms with Gasteiger partial charge in [0.2, 0.25) is 0 Å². The first kappa shape index (κ1) is 20.5. The Bertz CT molecular complexity index is 1030. The molecule has 0 atom stereocenters. The van der Waals surface area contributed by atoms with Gasteiger partial charge in [-0.15, -0.1) is 0 Å². The number of hydrazone groups is 1. The number of rotatable bonds is 7. The predicted molar refractivity (Wildman–Crippen MR) is 111 cm³/mol. The van der Waals surface area contributed by atoms with Crippen LogP contribution < -0.4 is 14.9 Å². The summed E-state index contributed by atoms with van der Waals surface area (Å²) in [6.07, 6.45) is 4.53. The van der Waals surface area contributed by atoms with Crippen molar-refractivity contribution in [1.82, 2.24) is 10.4 Å². The second-order valence-corrected chi connectivity index (χ2v) is 6.69. The first-order valence-electron chi connectivity index (χ1n) is 8.55. The maximum absolute atomic E-state index is 13.8. The molecule has 1 aromatic heterocycles. The van der Waals surface area contributed by atoms with Gasteiger partial charge in [-0.25, -0.2) is 9.82 Å². The van der Waals surface area contributed by atoms with Crippen LogP contribution in [-0.2, 0) is 6.61 Å². The number of halogens is 2. The summed E-state index contributed by atoms with van der Waals surface area (Å²) in [6, 6.07) is 13.0. The Morgan fingerprint density at radius 3 is 2.69 bits per heavy atom. The van der Waals surface area contributed by atoms with Crippen LogP contribution in [0.4, 0.5) is 4.39 Å². The molecule has 148 valence electrons. The summed E-state index contributed by atoms with van der Waals surface area (Å²) >= 11 is 3.44. The van der Waals surface area contributed by atoms with E-state index in [1.165, 1.54) is 31.8 Å². The first-order chi connectivity index (χ1) is 14.1. The summed E-state index contributed by atoms with van der Waals surface area (Å²) in [5.74, 6) is 0.211. The Balaban J connectivity index is 1.70. The Morgan fingerprint density at radius 2 is 1.97 bits per heavy atom. The van der Waals surface area contributed by atoms with Crippen LogP contribution in [0.3, 0.4) is 0 Å². The number of nitrogens with one attached hydrogen (secondary N) is 1. The van der Waals surface area contributed by atoms with Crippen molar-refractivity contribution >= 4 is 28.1 Å². The molecule has 0 bridgehead atoms. The molecule has 0 radical (unpaired) electrons. The fourth-order valence-corrected chi connectivity index (χ4v) is 2.85. The van der Waals surface area contributed by atoms with Crippen molar-refractivity contribution in [1.29, 1.82) is 0 Å². The summed E-state index contributed by atoms with van der Waals surface area (Å²) < 4.78 is 25.5. The fraction of sp³-hybridized carbons (Fsp3) is 0.0952. The van der Waals surface area contributed by atoms with E-state index in [4.69, 9.17) is 9.47 Å². The normalized spacial score (nSPS) is 10.7. The maximum Gasteiger partial charge on any atom is 0.271 e. The van der Waals surface area contributed by atoms with E-state index in [9.17, 15) is 9.18 Å². The molecule has 0 aliphatic heterocycles. The minimum Gasteiger partial charge on any atom is -0.493 e. The van der Waals surface area contributed by atoms with Crippen LogP contribution >= 0.6 is 15.9 Å². The van der Waals surface area contributed by atoms with Gasteiger partial charge in [-0.2, -0.15) is 5.10 Å². The Labute approximate surface area is 175 Å². The van der Waals surface area contributed by atoms with Crippen LogP contribution in [0.1, 0.15) is 21.5 Å². The van der Waals surface area contributed by atoms with Gasteiger partial charge in [0, 0.05) is 33.6 Å². The monoisotopic (exact) mass is 457 g/mol. The third-order valence-electron chi connectivity index (χ3n) is 3.94. The van der Waals surface area contributed by atoms with Gasteiger partial charge in [0.25, 0.3) is 5.91 Å². The van der Waals surface area contributed by atoms with Crippen molar-refractivity contribution in [3.63, 3.8) is 0 Å².